The Morgan fingerprint density at radius 1 is 1.23 bits per heavy atom. The molecule has 0 spiro atoms. The normalized spacial score (nSPS) is 24.5. The maximum Gasteiger partial charge on any atom is 0.244 e. The monoisotopic (exact) mass is 397 g/mol. The van der Waals surface area contributed by atoms with E-state index in [-0.39, 0.29) is 16.8 Å². The number of hydrogen-bond acceptors (Lipinski definition) is 5. The summed E-state index contributed by atoms with van der Waals surface area (Å²) in [5.41, 5.74) is 0. The Labute approximate surface area is 160 Å². The van der Waals surface area contributed by atoms with Crippen LogP contribution in [0.15, 0.2) is 28.3 Å². The summed E-state index contributed by atoms with van der Waals surface area (Å²) in [7, 11) is -3.43. The molecule has 0 bridgehead atoms. The summed E-state index contributed by atoms with van der Waals surface area (Å²) in [4.78, 5) is 16.6. The maximum absolute atomic E-state index is 12.5. The number of rotatable bonds is 6. The van der Waals surface area contributed by atoms with Crippen LogP contribution in [0.1, 0.15) is 45.4 Å². The fourth-order valence-electron chi connectivity index (χ4n) is 3.60. The molecular weight excluding hydrogens is 370 g/mol. The number of pyridine rings is 1. The van der Waals surface area contributed by atoms with E-state index in [1.807, 2.05) is 0 Å². The van der Waals surface area contributed by atoms with Gasteiger partial charge in [0.1, 0.15) is 4.90 Å². The lowest BCUT2D eigenvalue weighted by Gasteiger charge is -2.29. The van der Waals surface area contributed by atoms with Crippen LogP contribution in [-0.4, -0.2) is 48.5 Å². The summed E-state index contributed by atoms with van der Waals surface area (Å²) in [6.07, 6.45) is 7.88. The van der Waals surface area contributed by atoms with Gasteiger partial charge in [0.05, 0.1) is 10.8 Å². The molecule has 2 aliphatic rings. The van der Waals surface area contributed by atoms with Crippen LogP contribution in [0, 0.1) is 5.92 Å². The van der Waals surface area contributed by atoms with E-state index in [2.05, 4.69) is 17.2 Å². The van der Waals surface area contributed by atoms with Gasteiger partial charge in [-0.25, -0.2) is 13.4 Å². The summed E-state index contributed by atoms with van der Waals surface area (Å²) in [5.74, 6) is 0.851. The van der Waals surface area contributed by atoms with Crippen LogP contribution >= 0.6 is 11.8 Å². The van der Waals surface area contributed by atoms with Crippen molar-refractivity contribution in [2.24, 2.45) is 5.92 Å². The minimum Gasteiger partial charge on any atom is -0.352 e. The Hall–Kier alpha value is -1.12. The summed E-state index contributed by atoms with van der Waals surface area (Å²) >= 11 is 1.34. The van der Waals surface area contributed by atoms with Crippen LogP contribution < -0.4 is 5.32 Å². The molecule has 2 fully saturated rings. The van der Waals surface area contributed by atoms with Crippen LogP contribution in [0.25, 0.3) is 0 Å². The predicted octanol–water partition coefficient (Wildman–Crippen LogP) is 2.65. The highest BCUT2D eigenvalue weighted by Gasteiger charge is 2.27. The number of nitrogens with zero attached hydrogens (tertiary/aromatic N) is 2. The highest BCUT2D eigenvalue weighted by atomic mass is 32.2. The van der Waals surface area contributed by atoms with Crippen molar-refractivity contribution >= 4 is 27.7 Å². The van der Waals surface area contributed by atoms with Crippen LogP contribution in [0.5, 0.6) is 0 Å². The molecule has 1 aromatic heterocycles. The van der Waals surface area contributed by atoms with Gasteiger partial charge in [0.25, 0.3) is 0 Å². The van der Waals surface area contributed by atoms with Gasteiger partial charge in [-0.2, -0.15) is 4.31 Å². The van der Waals surface area contributed by atoms with Gasteiger partial charge in [-0.15, -0.1) is 0 Å². The van der Waals surface area contributed by atoms with Gasteiger partial charge < -0.3 is 5.32 Å². The minimum absolute atomic E-state index is 0.0179. The van der Waals surface area contributed by atoms with E-state index < -0.39 is 10.0 Å². The Morgan fingerprint density at radius 3 is 2.62 bits per heavy atom. The average molecular weight is 398 g/mol. The summed E-state index contributed by atoms with van der Waals surface area (Å²) in [6.45, 7) is 3.36. The highest BCUT2D eigenvalue weighted by molar-refractivity contribution is 7.99. The Morgan fingerprint density at radius 2 is 1.96 bits per heavy atom. The number of hydrogen-bond donors (Lipinski definition) is 1. The molecule has 8 heteroatoms. The fraction of sp³-hybridized carbons (Fsp3) is 0.667. The molecule has 0 aromatic carbocycles. The molecule has 3 rings (SSSR count). The van der Waals surface area contributed by atoms with E-state index in [4.69, 9.17) is 0 Å². The quantitative estimate of drug-likeness (QED) is 0.747. The molecule has 26 heavy (non-hydrogen) atoms. The molecular formula is C18H27N3O3S2. The zero-order chi connectivity index (χ0) is 18.6. The minimum atomic E-state index is -3.43. The molecule has 1 saturated carbocycles. The molecule has 2 atom stereocenters. The van der Waals surface area contributed by atoms with Gasteiger partial charge in [-0.3, -0.25) is 4.79 Å². The molecule has 2 heterocycles. The number of amides is 1. The maximum atomic E-state index is 12.5. The second-order valence-electron chi connectivity index (χ2n) is 7.17. The lowest BCUT2D eigenvalue weighted by molar-refractivity contribution is -0.119. The first-order chi connectivity index (χ1) is 12.5. The first-order valence-electron chi connectivity index (χ1n) is 9.35. The number of thioether (sulfide) groups is 1. The average Bonchev–Trinajstić information content (AvgIpc) is 3.18. The third-order valence-corrected chi connectivity index (χ3v) is 8.05. The second-order valence-corrected chi connectivity index (χ2v) is 10.1. The van der Waals surface area contributed by atoms with Crippen molar-refractivity contribution in [3.8, 4) is 0 Å². The van der Waals surface area contributed by atoms with E-state index in [0.29, 0.717) is 29.8 Å². The molecule has 1 aromatic rings. The first kappa shape index (κ1) is 19.6. The Kier molecular flexibility index (Phi) is 6.58. The largest absolute Gasteiger partial charge is 0.352 e. The van der Waals surface area contributed by atoms with Gasteiger partial charge in [0.2, 0.25) is 15.9 Å². The molecule has 1 aliphatic heterocycles. The van der Waals surface area contributed by atoms with Crippen molar-refractivity contribution in [1.29, 1.82) is 0 Å². The van der Waals surface area contributed by atoms with E-state index in [9.17, 15) is 13.2 Å². The van der Waals surface area contributed by atoms with Crippen LogP contribution in [0.3, 0.4) is 0 Å². The number of sulfonamides is 1. The third-order valence-electron chi connectivity index (χ3n) is 5.22. The molecule has 0 unspecified atom stereocenters. The highest BCUT2D eigenvalue weighted by Crippen LogP contribution is 2.25. The van der Waals surface area contributed by atoms with E-state index in [1.165, 1.54) is 41.5 Å². The first-order valence-corrected chi connectivity index (χ1v) is 11.8. The molecule has 6 nitrogen and oxygen atoms in total. The number of aromatic nitrogens is 1. The Balaban J connectivity index is 1.52. The van der Waals surface area contributed by atoms with Crippen molar-refractivity contribution in [3.63, 3.8) is 0 Å². The van der Waals surface area contributed by atoms with Gasteiger partial charge in [0.15, 0.2) is 0 Å². The van der Waals surface area contributed by atoms with Crippen molar-refractivity contribution < 1.29 is 13.2 Å². The van der Waals surface area contributed by atoms with Gasteiger partial charge in [-0.05, 0) is 43.7 Å². The zero-order valence-corrected chi connectivity index (χ0v) is 16.8. The third kappa shape index (κ3) is 4.78. The number of carbonyl (C=O) groups excluding carboxylic acids is 1. The number of carbonyl (C=O) groups is 1. The molecule has 1 amide bonds. The second kappa shape index (κ2) is 8.71. The predicted molar refractivity (Wildman–Crippen MR) is 103 cm³/mol. The van der Waals surface area contributed by atoms with Crippen LogP contribution in [0.4, 0.5) is 0 Å². The molecule has 0 radical (unpaired) electrons. The van der Waals surface area contributed by atoms with E-state index in [1.54, 1.807) is 12.1 Å². The molecule has 144 valence electrons. The standard InChI is InChI=1S/C18H27N3O3S2/c1-14-6-2-3-7-16(14)20-17(22)13-25-18-9-8-15(12-19-18)26(23,24)21-10-4-5-11-21/h8-9,12,14,16H,2-7,10-11,13H2,1H3,(H,20,22)/t14-,16-/m1/s1. The van der Waals surface area contributed by atoms with Crippen molar-refractivity contribution in [2.45, 2.75) is 61.4 Å². The number of nitrogens with one attached hydrogen (secondary N) is 1. The lowest BCUT2D eigenvalue weighted by atomic mass is 9.86. The fourth-order valence-corrected chi connectivity index (χ4v) is 5.72. The van der Waals surface area contributed by atoms with Crippen LogP contribution in [-0.2, 0) is 14.8 Å². The topological polar surface area (TPSA) is 79.4 Å². The van der Waals surface area contributed by atoms with Gasteiger partial charge in [-0.1, -0.05) is 31.5 Å². The van der Waals surface area contributed by atoms with Crippen molar-refractivity contribution in [1.82, 2.24) is 14.6 Å². The zero-order valence-electron chi connectivity index (χ0n) is 15.2. The molecule has 1 aliphatic carbocycles. The van der Waals surface area contributed by atoms with Gasteiger partial charge >= 0.3 is 0 Å². The Bertz CT molecular complexity index is 716. The molecule has 1 N–H and O–H groups in total. The van der Waals surface area contributed by atoms with Crippen molar-refractivity contribution in [2.75, 3.05) is 18.8 Å². The summed E-state index contributed by atoms with van der Waals surface area (Å²) in [5, 5.41) is 3.79. The summed E-state index contributed by atoms with van der Waals surface area (Å²) < 4.78 is 26.5. The van der Waals surface area contributed by atoms with Crippen molar-refractivity contribution in [3.05, 3.63) is 18.3 Å². The summed E-state index contributed by atoms with van der Waals surface area (Å²) in [6, 6.07) is 3.55. The SMILES string of the molecule is C[C@@H]1CCCC[C@H]1NC(=O)CSc1ccc(S(=O)(=O)N2CCCC2)cn1. The lowest BCUT2D eigenvalue weighted by Crippen LogP contribution is -2.41. The molecule has 1 saturated heterocycles. The smallest absolute Gasteiger partial charge is 0.244 e. The van der Waals surface area contributed by atoms with Gasteiger partial charge in [0, 0.05) is 25.3 Å². The van der Waals surface area contributed by atoms with E-state index >= 15 is 0 Å². The van der Waals surface area contributed by atoms with E-state index in [0.717, 1.165) is 19.3 Å². The van der Waals surface area contributed by atoms with Crippen LogP contribution in [0.2, 0.25) is 0 Å².